The van der Waals surface area contributed by atoms with E-state index < -0.39 is 10.0 Å². The molecule has 1 aliphatic heterocycles. The Balaban J connectivity index is 1.79. The van der Waals surface area contributed by atoms with Crippen LogP contribution in [0.1, 0.15) is 90.5 Å². The lowest BCUT2D eigenvalue weighted by Gasteiger charge is -2.32. The maximum atomic E-state index is 13.8. The van der Waals surface area contributed by atoms with Gasteiger partial charge in [0.05, 0.1) is 13.2 Å². The number of ether oxygens (including phenoxy) is 1. The fourth-order valence-corrected chi connectivity index (χ4v) is 7.21. The lowest BCUT2D eigenvalue weighted by Crippen LogP contribution is -2.49. The van der Waals surface area contributed by atoms with Crippen molar-refractivity contribution in [3.05, 3.63) is 41.1 Å². The van der Waals surface area contributed by atoms with Crippen LogP contribution < -0.4 is 4.72 Å². The molecular weight excluding hydrogens is 506 g/mol. The third-order valence-corrected chi connectivity index (χ3v) is 10.3. The Bertz CT molecular complexity index is 1210. The first-order chi connectivity index (χ1) is 18.2. The van der Waals surface area contributed by atoms with Crippen LogP contribution >= 0.6 is 0 Å². The van der Waals surface area contributed by atoms with Gasteiger partial charge in [-0.3, -0.25) is 4.90 Å². The highest BCUT2D eigenvalue weighted by Gasteiger charge is 2.29. The van der Waals surface area contributed by atoms with Crippen molar-refractivity contribution < 1.29 is 13.2 Å². The lowest BCUT2D eigenvalue weighted by molar-refractivity contribution is 0.00824. The molecule has 2 fully saturated rings. The Morgan fingerprint density at radius 1 is 0.949 bits per heavy atom. The van der Waals surface area contributed by atoms with E-state index in [-0.39, 0.29) is 16.9 Å². The zero-order valence-corrected chi connectivity index (χ0v) is 26.4. The van der Waals surface area contributed by atoms with Crippen molar-refractivity contribution in [1.82, 2.24) is 14.2 Å². The van der Waals surface area contributed by atoms with Crippen molar-refractivity contribution in [3.63, 3.8) is 0 Å². The van der Waals surface area contributed by atoms with Gasteiger partial charge in [-0.1, -0.05) is 66.9 Å². The van der Waals surface area contributed by atoms with Gasteiger partial charge < -0.3 is 9.30 Å². The maximum Gasteiger partial charge on any atom is 0.242 e. The molecule has 0 radical (unpaired) electrons. The molecule has 1 aromatic heterocycles. The van der Waals surface area contributed by atoms with Gasteiger partial charge >= 0.3 is 0 Å². The molecule has 1 aliphatic carbocycles. The van der Waals surface area contributed by atoms with E-state index in [2.05, 4.69) is 73.9 Å². The van der Waals surface area contributed by atoms with Crippen LogP contribution in [-0.4, -0.2) is 57.3 Å². The van der Waals surface area contributed by atoms with E-state index in [1.54, 1.807) is 0 Å². The summed E-state index contributed by atoms with van der Waals surface area (Å²) in [5.74, 6) is 0.577. The van der Waals surface area contributed by atoms with Gasteiger partial charge in [0, 0.05) is 37.1 Å². The van der Waals surface area contributed by atoms with Crippen molar-refractivity contribution in [2.24, 2.45) is 5.92 Å². The van der Waals surface area contributed by atoms with Crippen molar-refractivity contribution in [3.8, 4) is 11.3 Å². The van der Waals surface area contributed by atoms with Gasteiger partial charge in [0.15, 0.2) is 0 Å². The summed E-state index contributed by atoms with van der Waals surface area (Å²) in [4.78, 5) is 2.57. The minimum absolute atomic E-state index is 0.0175. The number of sulfonamides is 1. The number of rotatable bonds is 7. The second-order valence-corrected chi connectivity index (χ2v) is 15.7. The molecule has 1 atom stereocenters. The first kappa shape index (κ1) is 30.3. The molecule has 0 amide bonds. The minimum Gasteiger partial charge on any atom is -0.378 e. The molecular formula is C32H51N3O3S. The number of nitrogens with zero attached hydrogens (tertiary/aromatic N) is 2. The summed E-state index contributed by atoms with van der Waals surface area (Å²) in [6.07, 6.45) is 6.25. The van der Waals surface area contributed by atoms with Crippen LogP contribution in [0.25, 0.3) is 11.3 Å². The molecule has 7 heteroatoms. The van der Waals surface area contributed by atoms with Crippen LogP contribution in [0.4, 0.5) is 0 Å². The summed E-state index contributed by atoms with van der Waals surface area (Å²) in [6.45, 7) is 18.7. The van der Waals surface area contributed by atoms with E-state index in [9.17, 15) is 8.42 Å². The first-order valence-electron chi connectivity index (χ1n) is 14.8. The molecule has 1 aromatic carbocycles. The van der Waals surface area contributed by atoms with Gasteiger partial charge in [-0.05, 0) is 78.5 Å². The second kappa shape index (κ2) is 11.7. The molecule has 39 heavy (non-hydrogen) atoms. The maximum absolute atomic E-state index is 13.8. The Hall–Kier alpha value is -1.67. The summed E-state index contributed by atoms with van der Waals surface area (Å²) in [5, 5.41) is 0. The Labute approximate surface area is 237 Å². The average molecular weight is 558 g/mol. The zero-order chi connectivity index (χ0) is 28.6. The summed E-state index contributed by atoms with van der Waals surface area (Å²) in [5.41, 5.74) is 5.45. The highest BCUT2D eigenvalue weighted by atomic mass is 32.2. The number of nitrogens with one attached hydrogen (secondary N) is 1. The molecule has 0 spiro atoms. The largest absolute Gasteiger partial charge is 0.378 e. The van der Waals surface area contributed by atoms with Crippen molar-refractivity contribution in [1.29, 1.82) is 0 Å². The standard InChI is InChI=1S/C32H51N3O3S/c1-23-30(39(36,37)33-20-28-22-38-15-14-34(28)8)19-29(35(23)21-24-12-10-9-11-13-24)25-16-26(31(2,3)4)18-27(17-25)32(5,6)7/h16-19,24,28,33H,9-15,20-22H2,1-8H3. The van der Waals surface area contributed by atoms with E-state index in [0.717, 1.165) is 30.0 Å². The Morgan fingerprint density at radius 2 is 1.56 bits per heavy atom. The lowest BCUT2D eigenvalue weighted by atomic mass is 9.79. The molecule has 1 saturated carbocycles. The van der Waals surface area contributed by atoms with Crippen LogP contribution in [0.5, 0.6) is 0 Å². The van der Waals surface area contributed by atoms with Gasteiger partial charge in [0.1, 0.15) is 4.90 Å². The van der Waals surface area contributed by atoms with E-state index in [1.807, 2.05) is 20.0 Å². The third kappa shape index (κ3) is 7.16. The average Bonchev–Trinajstić information content (AvgIpc) is 3.19. The fraction of sp³-hybridized carbons (Fsp3) is 0.688. The summed E-state index contributed by atoms with van der Waals surface area (Å²) in [7, 11) is -1.67. The number of hydrogen-bond acceptors (Lipinski definition) is 4. The molecule has 0 bridgehead atoms. The molecule has 6 nitrogen and oxygen atoms in total. The smallest absolute Gasteiger partial charge is 0.242 e. The third-order valence-electron chi connectivity index (χ3n) is 8.77. The topological polar surface area (TPSA) is 63.6 Å². The van der Waals surface area contributed by atoms with Gasteiger partial charge in [0.25, 0.3) is 0 Å². The predicted molar refractivity (Wildman–Crippen MR) is 161 cm³/mol. The number of hydrogen-bond donors (Lipinski definition) is 1. The van der Waals surface area contributed by atoms with Crippen molar-refractivity contribution in [2.75, 3.05) is 33.4 Å². The highest BCUT2D eigenvalue weighted by Crippen LogP contribution is 2.37. The number of benzene rings is 1. The van der Waals surface area contributed by atoms with Crippen LogP contribution in [0.15, 0.2) is 29.2 Å². The van der Waals surface area contributed by atoms with E-state index in [4.69, 9.17) is 4.74 Å². The predicted octanol–water partition coefficient (Wildman–Crippen LogP) is 6.25. The molecule has 1 unspecified atom stereocenters. The van der Waals surface area contributed by atoms with Crippen LogP contribution in [0.2, 0.25) is 0 Å². The fourth-order valence-electron chi connectivity index (χ4n) is 5.87. The van der Waals surface area contributed by atoms with Gasteiger partial charge in [-0.2, -0.15) is 0 Å². The first-order valence-corrected chi connectivity index (χ1v) is 16.3. The summed E-state index contributed by atoms with van der Waals surface area (Å²) in [6, 6.07) is 8.84. The van der Waals surface area contributed by atoms with Gasteiger partial charge in [0.2, 0.25) is 10.0 Å². The molecule has 1 saturated heterocycles. The van der Waals surface area contributed by atoms with Crippen LogP contribution in [-0.2, 0) is 32.1 Å². The highest BCUT2D eigenvalue weighted by molar-refractivity contribution is 7.89. The Morgan fingerprint density at radius 3 is 2.13 bits per heavy atom. The van der Waals surface area contributed by atoms with E-state index in [1.165, 1.54) is 43.2 Å². The van der Waals surface area contributed by atoms with Crippen LogP contribution in [0.3, 0.4) is 0 Å². The molecule has 2 aromatic rings. The SMILES string of the molecule is Cc1c(S(=O)(=O)NCC2COCCN2C)cc(-c2cc(C(C)(C)C)cc(C(C)(C)C)c2)n1CC1CCCCC1. The summed E-state index contributed by atoms with van der Waals surface area (Å²) >= 11 is 0. The molecule has 2 heterocycles. The van der Waals surface area contributed by atoms with Gasteiger partial charge in [-0.15, -0.1) is 0 Å². The van der Waals surface area contributed by atoms with E-state index in [0.29, 0.717) is 30.6 Å². The Kier molecular flexibility index (Phi) is 9.07. The molecule has 218 valence electrons. The van der Waals surface area contributed by atoms with Gasteiger partial charge in [-0.25, -0.2) is 13.1 Å². The molecule has 2 aliphatic rings. The van der Waals surface area contributed by atoms with E-state index >= 15 is 0 Å². The monoisotopic (exact) mass is 557 g/mol. The van der Waals surface area contributed by atoms with Crippen LogP contribution in [0, 0.1) is 12.8 Å². The number of morpholine rings is 1. The number of likely N-dealkylation sites (N-methyl/N-ethyl adjacent to an activating group) is 1. The van der Waals surface area contributed by atoms with Crippen molar-refractivity contribution in [2.45, 2.75) is 109 Å². The molecule has 1 N–H and O–H groups in total. The summed E-state index contributed by atoms with van der Waals surface area (Å²) < 4.78 is 38.4. The minimum atomic E-state index is -3.69. The quantitative estimate of drug-likeness (QED) is 0.437. The second-order valence-electron chi connectivity index (χ2n) is 14.0. The normalized spacial score (nSPS) is 20.5. The van der Waals surface area contributed by atoms with Crippen molar-refractivity contribution >= 4 is 10.0 Å². The zero-order valence-electron chi connectivity index (χ0n) is 25.6. The number of aromatic nitrogens is 1. The molecule has 4 rings (SSSR count).